The molecule has 11 heteroatoms. The van der Waals surface area contributed by atoms with Gasteiger partial charge in [0.25, 0.3) is 5.89 Å². The van der Waals surface area contributed by atoms with Crippen molar-refractivity contribution in [3.05, 3.63) is 52.1 Å². The van der Waals surface area contributed by atoms with E-state index in [4.69, 9.17) is 27.6 Å². The van der Waals surface area contributed by atoms with Gasteiger partial charge in [0.2, 0.25) is 5.89 Å². The van der Waals surface area contributed by atoms with Gasteiger partial charge in [-0.3, -0.25) is 4.98 Å². The van der Waals surface area contributed by atoms with E-state index in [0.717, 1.165) is 0 Å². The van der Waals surface area contributed by atoms with Crippen LogP contribution >= 0.6 is 23.2 Å². The highest BCUT2D eigenvalue weighted by molar-refractivity contribution is 6.42. The Kier molecular flexibility index (Phi) is 4.25. The molecule has 0 saturated heterocycles. The lowest BCUT2D eigenvalue weighted by atomic mass is 10.2. The molecule has 0 aliphatic rings. The average molecular weight is 397 g/mol. The molecule has 1 aromatic carbocycles. The Morgan fingerprint density at radius 1 is 1.08 bits per heavy atom. The van der Waals surface area contributed by atoms with Crippen molar-refractivity contribution in [1.29, 1.82) is 0 Å². The molecule has 0 spiro atoms. The minimum atomic E-state index is -2.82. The van der Waals surface area contributed by atoms with Gasteiger partial charge in [-0.05, 0) is 24.3 Å². The molecule has 4 aromatic rings. The second-order valence-electron chi connectivity index (χ2n) is 5.29. The molecule has 0 atom stereocenters. The maximum Gasteiger partial charge on any atom is 0.314 e. The molecule has 0 amide bonds. The highest BCUT2D eigenvalue weighted by Crippen LogP contribution is 2.27. The smallest absolute Gasteiger partial charge is 0.314 e. The molecule has 0 radical (unpaired) electrons. The van der Waals surface area contributed by atoms with Crippen LogP contribution in [-0.2, 0) is 6.54 Å². The molecule has 0 unspecified atom stereocenters. The quantitative estimate of drug-likeness (QED) is 0.514. The van der Waals surface area contributed by atoms with Crippen molar-refractivity contribution in [2.45, 2.75) is 13.0 Å². The lowest BCUT2D eigenvalue weighted by molar-refractivity contribution is 0.116. The number of hydrogen-bond donors (Lipinski definition) is 0. The number of nitrogens with zero attached hydrogens (tertiary/aromatic N) is 6. The first-order chi connectivity index (χ1) is 12.5. The standard InChI is InChI=1S/C15H8Cl2F2N6O/c16-9-3-11-12(4-10(9)17)25(24-21-11)6-8-2-1-7(5-20-8)14-22-23-15(26-14)13(18)19/h1-5,13H,6H2. The third-order valence-corrected chi connectivity index (χ3v) is 4.29. The SMILES string of the molecule is FC(F)c1nnc(-c2ccc(Cn3nnc4cc(Cl)c(Cl)cc43)nc2)o1. The predicted octanol–water partition coefficient (Wildman–Crippen LogP) is 4.17. The van der Waals surface area contributed by atoms with Crippen molar-refractivity contribution in [2.24, 2.45) is 0 Å². The molecule has 0 saturated carbocycles. The number of pyridine rings is 1. The van der Waals surface area contributed by atoms with Gasteiger partial charge < -0.3 is 4.42 Å². The van der Waals surface area contributed by atoms with Gasteiger partial charge in [-0.1, -0.05) is 28.4 Å². The van der Waals surface area contributed by atoms with Crippen LogP contribution in [-0.4, -0.2) is 30.2 Å². The summed E-state index contributed by atoms with van der Waals surface area (Å²) in [4.78, 5) is 4.27. The largest absolute Gasteiger partial charge is 0.415 e. The maximum absolute atomic E-state index is 12.5. The van der Waals surface area contributed by atoms with Crippen LogP contribution in [0.25, 0.3) is 22.5 Å². The van der Waals surface area contributed by atoms with E-state index in [2.05, 4.69) is 25.5 Å². The lowest BCUT2D eigenvalue weighted by Crippen LogP contribution is -2.03. The molecule has 3 aromatic heterocycles. The highest BCUT2D eigenvalue weighted by atomic mass is 35.5. The van der Waals surface area contributed by atoms with E-state index in [1.165, 1.54) is 6.20 Å². The fourth-order valence-corrected chi connectivity index (χ4v) is 2.63. The van der Waals surface area contributed by atoms with E-state index < -0.39 is 12.3 Å². The molecule has 3 heterocycles. The number of fused-ring (bicyclic) bond motifs is 1. The first-order valence-electron chi connectivity index (χ1n) is 7.26. The van der Waals surface area contributed by atoms with E-state index in [9.17, 15) is 8.78 Å². The van der Waals surface area contributed by atoms with Crippen molar-refractivity contribution >= 4 is 34.2 Å². The summed E-state index contributed by atoms with van der Waals surface area (Å²) in [6, 6.07) is 6.66. The Bertz CT molecular complexity index is 1080. The molecule has 0 aliphatic carbocycles. The zero-order valence-corrected chi connectivity index (χ0v) is 14.3. The van der Waals surface area contributed by atoms with Crippen LogP contribution in [0, 0.1) is 0 Å². The minimum absolute atomic E-state index is 0.0213. The summed E-state index contributed by atoms with van der Waals surface area (Å²) in [5.74, 6) is -0.749. The Morgan fingerprint density at radius 3 is 2.58 bits per heavy atom. The molecule has 26 heavy (non-hydrogen) atoms. The van der Waals surface area contributed by atoms with E-state index in [-0.39, 0.29) is 5.89 Å². The van der Waals surface area contributed by atoms with Gasteiger partial charge in [-0.25, -0.2) is 4.68 Å². The molecular weight excluding hydrogens is 389 g/mol. The van der Waals surface area contributed by atoms with Gasteiger partial charge in [-0.15, -0.1) is 15.3 Å². The summed E-state index contributed by atoms with van der Waals surface area (Å²) < 4.78 is 31.5. The zero-order valence-electron chi connectivity index (χ0n) is 12.8. The topological polar surface area (TPSA) is 82.5 Å². The normalized spacial score (nSPS) is 11.6. The van der Waals surface area contributed by atoms with E-state index in [1.54, 1.807) is 28.9 Å². The summed E-state index contributed by atoms with van der Waals surface area (Å²) in [6.45, 7) is 0.334. The summed E-state index contributed by atoms with van der Waals surface area (Å²) in [5, 5.41) is 15.8. The van der Waals surface area contributed by atoms with Gasteiger partial charge in [-0.2, -0.15) is 8.78 Å². The second kappa shape index (κ2) is 6.58. The zero-order chi connectivity index (χ0) is 18.3. The van der Waals surface area contributed by atoms with Crippen LogP contribution < -0.4 is 0 Å². The molecule has 4 rings (SSSR count). The average Bonchev–Trinajstić information content (AvgIpc) is 3.25. The monoisotopic (exact) mass is 396 g/mol. The molecule has 0 aliphatic heterocycles. The number of halogens is 4. The second-order valence-corrected chi connectivity index (χ2v) is 6.10. The molecule has 7 nitrogen and oxygen atoms in total. The first-order valence-corrected chi connectivity index (χ1v) is 8.02. The molecule has 0 N–H and O–H groups in total. The van der Waals surface area contributed by atoms with Crippen molar-refractivity contribution in [3.8, 4) is 11.5 Å². The van der Waals surface area contributed by atoms with Crippen molar-refractivity contribution in [1.82, 2.24) is 30.2 Å². The third-order valence-electron chi connectivity index (χ3n) is 3.57. The Hall–Kier alpha value is -2.65. The number of hydrogen-bond acceptors (Lipinski definition) is 6. The van der Waals surface area contributed by atoms with Crippen LogP contribution in [0.15, 0.2) is 34.9 Å². The van der Waals surface area contributed by atoms with Crippen LogP contribution in [0.3, 0.4) is 0 Å². The van der Waals surface area contributed by atoms with Crippen molar-refractivity contribution in [2.75, 3.05) is 0 Å². The summed E-state index contributed by atoms with van der Waals surface area (Å²) in [6.07, 6.45) is -1.36. The molecule has 0 bridgehead atoms. The number of alkyl halides is 2. The lowest BCUT2D eigenvalue weighted by Gasteiger charge is -2.03. The fraction of sp³-hybridized carbons (Fsp3) is 0.133. The van der Waals surface area contributed by atoms with Crippen LogP contribution in [0.5, 0.6) is 0 Å². The number of benzene rings is 1. The van der Waals surface area contributed by atoms with Crippen LogP contribution in [0.4, 0.5) is 8.78 Å². The first kappa shape index (κ1) is 16.8. The molecular formula is C15H8Cl2F2N6O. The van der Waals surface area contributed by atoms with Gasteiger partial charge in [0, 0.05) is 6.20 Å². The van der Waals surface area contributed by atoms with E-state index in [1.807, 2.05) is 0 Å². The fourth-order valence-electron chi connectivity index (χ4n) is 2.32. The summed E-state index contributed by atoms with van der Waals surface area (Å²) >= 11 is 12.0. The Balaban J connectivity index is 1.58. The van der Waals surface area contributed by atoms with Gasteiger partial charge in [0.15, 0.2) is 0 Å². The van der Waals surface area contributed by atoms with Gasteiger partial charge >= 0.3 is 6.43 Å². The number of aromatic nitrogens is 6. The minimum Gasteiger partial charge on any atom is -0.415 e. The van der Waals surface area contributed by atoms with E-state index in [0.29, 0.717) is 38.9 Å². The predicted molar refractivity (Wildman–Crippen MR) is 89.1 cm³/mol. The van der Waals surface area contributed by atoms with Crippen molar-refractivity contribution in [3.63, 3.8) is 0 Å². The van der Waals surface area contributed by atoms with Gasteiger partial charge in [0.05, 0.1) is 33.4 Å². The third kappa shape index (κ3) is 3.11. The molecule has 132 valence electrons. The van der Waals surface area contributed by atoms with E-state index >= 15 is 0 Å². The van der Waals surface area contributed by atoms with Gasteiger partial charge in [0.1, 0.15) is 5.52 Å². The summed E-state index contributed by atoms with van der Waals surface area (Å²) in [7, 11) is 0. The number of rotatable bonds is 4. The maximum atomic E-state index is 12.5. The summed E-state index contributed by atoms with van der Waals surface area (Å²) in [5.41, 5.74) is 2.43. The van der Waals surface area contributed by atoms with Crippen molar-refractivity contribution < 1.29 is 13.2 Å². The van der Waals surface area contributed by atoms with Crippen LogP contribution in [0.2, 0.25) is 10.0 Å². The molecule has 0 fully saturated rings. The van der Waals surface area contributed by atoms with Crippen LogP contribution in [0.1, 0.15) is 18.0 Å². The highest BCUT2D eigenvalue weighted by Gasteiger charge is 2.17. The Labute approximate surface area is 154 Å². The Morgan fingerprint density at radius 2 is 1.88 bits per heavy atom.